The van der Waals surface area contributed by atoms with Crippen LogP contribution in [0.4, 0.5) is 5.82 Å². The Morgan fingerprint density at radius 1 is 1.07 bits per heavy atom. The van der Waals surface area contributed by atoms with Crippen molar-refractivity contribution in [2.75, 3.05) is 39.8 Å². The van der Waals surface area contributed by atoms with E-state index in [0.29, 0.717) is 18.2 Å². The van der Waals surface area contributed by atoms with Crippen LogP contribution in [0.3, 0.4) is 0 Å². The summed E-state index contributed by atoms with van der Waals surface area (Å²) in [4.78, 5) is 24.9. The van der Waals surface area contributed by atoms with E-state index in [1.54, 1.807) is 4.57 Å². The fourth-order valence-corrected chi connectivity index (χ4v) is 3.79. The van der Waals surface area contributed by atoms with Crippen LogP contribution in [0.1, 0.15) is 6.92 Å². The van der Waals surface area contributed by atoms with Gasteiger partial charge in [0.1, 0.15) is 6.20 Å². The molecule has 9 heteroatoms. The predicted octanol–water partition coefficient (Wildman–Crippen LogP) is 2.08. The first-order chi connectivity index (χ1) is 13.6. The second kappa shape index (κ2) is 7.69. The molecule has 1 fully saturated rings. The quantitative estimate of drug-likeness (QED) is 0.479. The summed E-state index contributed by atoms with van der Waals surface area (Å²) in [6.45, 7) is 8.28. The SMILES string of the molecule is CCn1c([N+](=O)[O-])cnc1-c1nc2ccccc2n1CCN1CCN(C)CC1. The number of benzene rings is 1. The predicted molar refractivity (Wildman–Crippen MR) is 107 cm³/mol. The Kier molecular flexibility index (Phi) is 5.10. The Hall–Kier alpha value is -2.78. The zero-order valence-electron chi connectivity index (χ0n) is 16.3. The molecule has 1 aliphatic heterocycles. The molecule has 0 spiro atoms. The van der Waals surface area contributed by atoms with E-state index in [2.05, 4.69) is 26.4 Å². The van der Waals surface area contributed by atoms with Gasteiger partial charge in [-0.1, -0.05) is 12.1 Å². The third kappa shape index (κ3) is 3.38. The lowest BCUT2D eigenvalue weighted by Gasteiger charge is -2.32. The first kappa shape index (κ1) is 18.6. The van der Waals surface area contributed by atoms with Crippen LogP contribution in [0, 0.1) is 10.1 Å². The number of nitrogens with zero attached hydrogens (tertiary/aromatic N) is 7. The van der Waals surface area contributed by atoms with Crippen molar-refractivity contribution in [1.82, 2.24) is 28.9 Å². The Bertz CT molecular complexity index is 985. The highest BCUT2D eigenvalue weighted by Crippen LogP contribution is 2.27. The van der Waals surface area contributed by atoms with Crippen LogP contribution in [0.15, 0.2) is 30.5 Å². The average molecular weight is 383 g/mol. The van der Waals surface area contributed by atoms with E-state index >= 15 is 0 Å². The maximum atomic E-state index is 11.3. The zero-order valence-corrected chi connectivity index (χ0v) is 16.3. The standard InChI is InChI=1S/C19H25N7O2/c1-3-24-17(26(27)28)14-20-18(24)19-21-15-6-4-5-7-16(15)25(19)13-12-23-10-8-22(2)9-11-23/h4-7,14H,3,8-13H2,1-2H3. The van der Waals surface area contributed by atoms with Crippen molar-refractivity contribution in [2.24, 2.45) is 0 Å². The number of para-hydroxylation sites is 2. The van der Waals surface area contributed by atoms with Crippen molar-refractivity contribution >= 4 is 16.9 Å². The van der Waals surface area contributed by atoms with Crippen LogP contribution in [-0.2, 0) is 13.1 Å². The molecular formula is C19H25N7O2. The topological polar surface area (TPSA) is 85.3 Å². The second-order valence-corrected chi connectivity index (χ2v) is 7.16. The molecule has 0 N–H and O–H groups in total. The molecule has 9 nitrogen and oxygen atoms in total. The highest BCUT2D eigenvalue weighted by molar-refractivity contribution is 5.79. The van der Waals surface area contributed by atoms with Crippen molar-refractivity contribution in [2.45, 2.75) is 20.0 Å². The summed E-state index contributed by atoms with van der Waals surface area (Å²) in [6.07, 6.45) is 1.32. The highest BCUT2D eigenvalue weighted by atomic mass is 16.6. The second-order valence-electron chi connectivity index (χ2n) is 7.16. The van der Waals surface area contributed by atoms with Crippen molar-refractivity contribution in [1.29, 1.82) is 0 Å². The van der Waals surface area contributed by atoms with Crippen LogP contribution in [-0.4, -0.2) is 73.6 Å². The van der Waals surface area contributed by atoms with Gasteiger partial charge >= 0.3 is 5.82 Å². The lowest BCUT2D eigenvalue weighted by molar-refractivity contribution is -0.392. The number of fused-ring (bicyclic) bond motifs is 1. The minimum absolute atomic E-state index is 0.00447. The summed E-state index contributed by atoms with van der Waals surface area (Å²) >= 11 is 0. The highest BCUT2D eigenvalue weighted by Gasteiger charge is 2.25. The van der Waals surface area contributed by atoms with Crippen LogP contribution < -0.4 is 0 Å². The molecule has 1 aliphatic rings. The number of aromatic nitrogens is 4. The van der Waals surface area contributed by atoms with Crippen LogP contribution in [0.5, 0.6) is 0 Å². The minimum Gasteiger partial charge on any atom is -0.358 e. The zero-order chi connectivity index (χ0) is 19.7. The average Bonchev–Trinajstić information content (AvgIpc) is 3.28. The smallest absolute Gasteiger partial charge is 0.343 e. The molecular weight excluding hydrogens is 358 g/mol. The number of hydrogen-bond donors (Lipinski definition) is 0. The number of nitro groups is 1. The Labute approximate surface area is 163 Å². The molecule has 0 saturated carbocycles. The first-order valence-electron chi connectivity index (χ1n) is 9.65. The molecule has 0 amide bonds. The van der Waals surface area contributed by atoms with E-state index < -0.39 is 4.92 Å². The van der Waals surface area contributed by atoms with Gasteiger partial charge in [-0.05, 0) is 31.0 Å². The number of hydrogen-bond acceptors (Lipinski definition) is 6. The monoisotopic (exact) mass is 383 g/mol. The lowest BCUT2D eigenvalue weighted by Crippen LogP contribution is -2.45. The third-order valence-corrected chi connectivity index (χ3v) is 5.43. The van der Waals surface area contributed by atoms with Crippen molar-refractivity contribution in [3.63, 3.8) is 0 Å². The van der Waals surface area contributed by atoms with Crippen LogP contribution in [0.2, 0.25) is 0 Å². The molecule has 0 aliphatic carbocycles. The van der Waals surface area contributed by atoms with Gasteiger partial charge in [0, 0.05) is 39.3 Å². The van der Waals surface area contributed by atoms with E-state index in [0.717, 1.165) is 50.3 Å². The fraction of sp³-hybridized carbons (Fsp3) is 0.474. The van der Waals surface area contributed by atoms with Crippen molar-refractivity contribution < 1.29 is 4.92 Å². The maximum absolute atomic E-state index is 11.3. The summed E-state index contributed by atoms with van der Waals surface area (Å²) in [7, 11) is 2.15. The largest absolute Gasteiger partial charge is 0.358 e. The van der Waals surface area contributed by atoms with Crippen molar-refractivity contribution in [3.8, 4) is 11.6 Å². The molecule has 2 aromatic heterocycles. The van der Waals surface area contributed by atoms with Gasteiger partial charge in [-0.3, -0.25) is 4.90 Å². The van der Waals surface area contributed by atoms with Gasteiger partial charge in [0.05, 0.1) is 17.6 Å². The number of imidazole rings is 2. The van der Waals surface area contributed by atoms with Gasteiger partial charge in [-0.25, -0.2) is 14.5 Å². The molecule has 1 aromatic carbocycles. The van der Waals surface area contributed by atoms with Crippen LogP contribution in [0.25, 0.3) is 22.7 Å². The Balaban J connectivity index is 1.71. The number of piperazine rings is 1. The molecule has 0 radical (unpaired) electrons. The molecule has 148 valence electrons. The minimum atomic E-state index is -0.392. The third-order valence-electron chi connectivity index (χ3n) is 5.43. The van der Waals surface area contributed by atoms with Gasteiger partial charge in [-0.15, -0.1) is 0 Å². The van der Waals surface area contributed by atoms with Gasteiger partial charge in [0.15, 0.2) is 0 Å². The number of rotatable bonds is 6. The first-order valence-corrected chi connectivity index (χ1v) is 9.65. The van der Waals surface area contributed by atoms with E-state index in [1.807, 2.05) is 31.2 Å². The summed E-state index contributed by atoms with van der Waals surface area (Å²) in [6, 6.07) is 7.97. The molecule has 3 heterocycles. The summed E-state index contributed by atoms with van der Waals surface area (Å²) in [5.74, 6) is 1.23. The van der Waals surface area contributed by atoms with E-state index in [4.69, 9.17) is 4.98 Å². The summed E-state index contributed by atoms with van der Waals surface area (Å²) < 4.78 is 3.76. The van der Waals surface area contributed by atoms with Crippen molar-refractivity contribution in [3.05, 3.63) is 40.6 Å². The van der Waals surface area contributed by atoms with E-state index in [-0.39, 0.29) is 5.82 Å². The van der Waals surface area contributed by atoms with Crippen LogP contribution >= 0.6 is 0 Å². The van der Waals surface area contributed by atoms with Gasteiger partial charge in [-0.2, -0.15) is 0 Å². The fourth-order valence-electron chi connectivity index (χ4n) is 3.79. The molecule has 3 aromatic rings. The van der Waals surface area contributed by atoms with Gasteiger partial charge in [0.25, 0.3) is 5.82 Å². The molecule has 28 heavy (non-hydrogen) atoms. The molecule has 0 atom stereocenters. The molecule has 1 saturated heterocycles. The Morgan fingerprint density at radius 2 is 1.82 bits per heavy atom. The normalized spacial score (nSPS) is 16.1. The van der Waals surface area contributed by atoms with Gasteiger partial charge < -0.3 is 19.6 Å². The number of likely N-dealkylation sites (N-methyl/N-ethyl adjacent to an activating group) is 1. The lowest BCUT2D eigenvalue weighted by atomic mass is 10.3. The molecule has 0 unspecified atom stereocenters. The summed E-state index contributed by atoms with van der Waals surface area (Å²) in [5.41, 5.74) is 1.91. The molecule has 0 bridgehead atoms. The maximum Gasteiger partial charge on any atom is 0.343 e. The summed E-state index contributed by atoms with van der Waals surface area (Å²) in [5, 5.41) is 11.3. The van der Waals surface area contributed by atoms with E-state index in [9.17, 15) is 10.1 Å². The Morgan fingerprint density at radius 3 is 2.54 bits per heavy atom. The van der Waals surface area contributed by atoms with E-state index in [1.165, 1.54) is 6.20 Å². The van der Waals surface area contributed by atoms with Gasteiger partial charge in [0.2, 0.25) is 5.82 Å². The molecule has 4 rings (SSSR count).